The number of aromatic nitrogens is 3. The van der Waals surface area contributed by atoms with E-state index in [0.29, 0.717) is 31.1 Å². The minimum absolute atomic E-state index is 0.159. The molecule has 6 rings (SSSR count). The number of nitrogens with one attached hydrogen (secondary N) is 2. The molecule has 3 aliphatic rings. The highest BCUT2D eigenvalue weighted by Gasteiger charge is 2.41. The van der Waals surface area contributed by atoms with Crippen molar-refractivity contribution in [2.24, 2.45) is 0 Å². The van der Waals surface area contributed by atoms with Crippen LogP contribution in [-0.2, 0) is 6.42 Å². The number of carboxylic acids is 1. The minimum Gasteiger partial charge on any atom is -0.478 e. The summed E-state index contributed by atoms with van der Waals surface area (Å²) in [6.45, 7) is 3.23. The number of hydrogen-bond donors (Lipinski definition) is 3. The van der Waals surface area contributed by atoms with Crippen molar-refractivity contribution in [2.45, 2.75) is 44.3 Å². The first kappa shape index (κ1) is 20.8. The van der Waals surface area contributed by atoms with Gasteiger partial charge in [0.25, 0.3) is 11.8 Å². The fourth-order valence-corrected chi connectivity index (χ4v) is 5.64. The number of aromatic carboxylic acids is 1. The molecule has 1 aromatic carbocycles. The SMILES string of the molecule is Cc1c(C(=O)O)ccc2c1CC[C@@H]2NC(=O)c1cc(C(=O)N2C[C@@H]3C[C@H]2CN3)nc2ccnn12. The molecule has 1 aliphatic carbocycles. The summed E-state index contributed by atoms with van der Waals surface area (Å²) in [4.78, 5) is 44.4. The van der Waals surface area contributed by atoms with E-state index in [2.05, 4.69) is 20.7 Å². The first-order chi connectivity index (χ1) is 16.4. The van der Waals surface area contributed by atoms with Crippen LogP contribution in [0.2, 0.25) is 0 Å². The van der Waals surface area contributed by atoms with E-state index in [1.807, 2.05) is 4.90 Å². The molecule has 10 nitrogen and oxygen atoms in total. The molecule has 2 bridgehead atoms. The van der Waals surface area contributed by atoms with Crippen molar-refractivity contribution >= 4 is 23.4 Å². The number of rotatable bonds is 4. The van der Waals surface area contributed by atoms with Crippen LogP contribution in [0.5, 0.6) is 0 Å². The van der Waals surface area contributed by atoms with Crippen LogP contribution in [0.3, 0.4) is 0 Å². The van der Waals surface area contributed by atoms with Crippen LogP contribution in [0.25, 0.3) is 5.65 Å². The van der Waals surface area contributed by atoms with Gasteiger partial charge in [0.2, 0.25) is 0 Å². The van der Waals surface area contributed by atoms with Crippen LogP contribution in [-0.4, -0.2) is 67.6 Å². The molecule has 2 saturated heterocycles. The first-order valence-electron chi connectivity index (χ1n) is 11.5. The molecular formula is C24H24N6O4. The first-order valence-corrected chi connectivity index (χ1v) is 11.5. The molecule has 174 valence electrons. The van der Waals surface area contributed by atoms with Gasteiger partial charge in [-0.25, -0.2) is 14.3 Å². The van der Waals surface area contributed by atoms with E-state index in [0.717, 1.165) is 29.7 Å². The number of carboxylic acid groups (broad SMARTS) is 1. The van der Waals surface area contributed by atoms with E-state index in [-0.39, 0.29) is 40.8 Å². The van der Waals surface area contributed by atoms with Gasteiger partial charge in [-0.3, -0.25) is 9.59 Å². The highest BCUT2D eigenvalue weighted by atomic mass is 16.4. The van der Waals surface area contributed by atoms with Crippen molar-refractivity contribution in [3.8, 4) is 0 Å². The van der Waals surface area contributed by atoms with Gasteiger partial charge in [0.1, 0.15) is 11.4 Å². The van der Waals surface area contributed by atoms with Gasteiger partial charge in [-0.15, -0.1) is 0 Å². The Balaban J connectivity index is 1.30. The lowest BCUT2D eigenvalue weighted by Crippen LogP contribution is -2.46. The van der Waals surface area contributed by atoms with Crippen LogP contribution in [0.4, 0.5) is 0 Å². The lowest BCUT2D eigenvalue weighted by atomic mass is 9.98. The predicted octanol–water partition coefficient (Wildman–Crippen LogP) is 1.34. The number of fused-ring (bicyclic) bond motifs is 4. The number of nitrogens with zero attached hydrogens (tertiary/aromatic N) is 4. The third kappa shape index (κ3) is 3.17. The molecule has 2 aromatic heterocycles. The van der Waals surface area contributed by atoms with Crippen molar-refractivity contribution in [1.82, 2.24) is 30.1 Å². The second-order valence-corrected chi connectivity index (χ2v) is 9.26. The van der Waals surface area contributed by atoms with Crippen molar-refractivity contribution in [3.05, 3.63) is 64.1 Å². The Morgan fingerprint density at radius 3 is 2.82 bits per heavy atom. The smallest absolute Gasteiger partial charge is 0.335 e. The molecule has 2 aliphatic heterocycles. The average molecular weight is 460 g/mol. The summed E-state index contributed by atoms with van der Waals surface area (Å²) >= 11 is 0. The third-order valence-corrected chi connectivity index (χ3v) is 7.36. The summed E-state index contributed by atoms with van der Waals surface area (Å²) < 4.78 is 1.44. The highest BCUT2D eigenvalue weighted by molar-refractivity contribution is 5.99. The quantitative estimate of drug-likeness (QED) is 0.536. The van der Waals surface area contributed by atoms with Crippen LogP contribution in [0.1, 0.15) is 66.9 Å². The molecular weight excluding hydrogens is 436 g/mol. The van der Waals surface area contributed by atoms with Gasteiger partial charge < -0.3 is 20.6 Å². The predicted molar refractivity (Wildman–Crippen MR) is 121 cm³/mol. The van der Waals surface area contributed by atoms with Gasteiger partial charge in [-0.05, 0) is 48.9 Å². The standard InChI is InChI=1S/C24H24N6O4/c1-12-15-4-5-18(17(15)3-2-16(12)24(33)34)28-22(31)20-9-19(27-21-6-7-26-30(20)21)23(32)29-11-13-8-14(29)10-25-13/h2-3,6-7,9,13-14,18,25H,4-5,8,10-11H2,1H3,(H,28,31)(H,33,34)/t13-,14-,18-/m0/s1. The number of piperazine rings is 1. The molecule has 2 fully saturated rings. The van der Waals surface area contributed by atoms with E-state index < -0.39 is 5.97 Å². The number of amides is 2. The zero-order valence-electron chi connectivity index (χ0n) is 18.6. The third-order valence-electron chi connectivity index (χ3n) is 7.36. The summed E-state index contributed by atoms with van der Waals surface area (Å²) in [6.07, 6.45) is 3.86. The number of hydrogen-bond acceptors (Lipinski definition) is 6. The monoisotopic (exact) mass is 460 g/mol. The molecule has 0 saturated carbocycles. The zero-order valence-corrected chi connectivity index (χ0v) is 18.6. The highest BCUT2D eigenvalue weighted by Crippen LogP contribution is 2.35. The van der Waals surface area contributed by atoms with Gasteiger partial charge in [-0.1, -0.05) is 6.07 Å². The molecule has 3 aromatic rings. The molecule has 2 amide bonds. The number of carbonyl (C=O) groups excluding carboxylic acids is 2. The van der Waals surface area contributed by atoms with Crippen molar-refractivity contribution in [2.75, 3.05) is 13.1 Å². The molecule has 4 heterocycles. The maximum Gasteiger partial charge on any atom is 0.335 e. The zero-order chi connectivity index (χ0) is 23.6. The lowest BCUT2D eigenvalue weighted by molar-refractivity contribution is 0.0691. The van der Waals surface area contributed by atoms with Gasteiger partial charge in [0.15, 0.2) is 5.65 Å². The Morgan fingerprint density at radius 1 is 1.24 bits per heavy atom. The Morgan fingerprint density at radius 2 is 2.09 bits per heavy atom. The molecule has 34 heavy (non-hydrogen) atoms. The Labute approximate surface area is 195 Å². The van der Waals surface area contributed by atoms with E-state index in [1.54, 1.807) is 31.3 Å². The van der Waals surface area contributed by atoms with Crippen molar-refractivity contribution < 1.29 is 19.5 Å². The average Bonchev–Trinajstić information content (AvgIpc) is 3.62. The molecule has 3 atom stereocenters. The van der Waals surface area contributed by atoms with E-state index in [1.165, 1.54) is 10.6 Å². The summed E-state index contributed by atoms with van der Waals surface area (Å²) in [7, 11) is 0. The summed E-state index contributed by atoms with van der Waals surface area (Å²) in [5, 5.41) is 20.1. The van der Waals surface area contributed by atoms with Crippen LogP contribution < -0.4 is 10.6 Å². The Kier molecular flexibility index (Phi) is 4.66. The maximum absolute atomic E-state index is 13.4. The largest absolute Gasteiger partial charge is 0.478 e. The molecule has 10 heteroatoms. The summed E-state index contributed by atoms with van der Waals surface area (Å²) in [5.74, 6) is -1.48. The summed E-state index contributed by atoms with van der Waals surface area (Å²) in [6, 6.07) is 6.80. The van der Waals surface area contributed by atoms with E-state index in [4.69, 9.17) is 0 Å². The van der Waals surface area contributed by atoms with Gasteiger partial charge >= 0.3 is 5.97 Å². The molecule has 0 radical (unpaired) electrons. The fraction of sp³-hybridized carbons (Fsp3) is 0.375. The maximum atomic E-state index is 13.4. The van der Waals surface area contributed by atoms with Crippen molar-refractivity contribution in [1.29, 1.82) is 0 Å². The van der Waals surface area contributed by atoms with Gasteiger partial charge in [-0.2, -0.15) is 5.10 Å². The molecule has 3 N–H and O–H groups in total. The summed E-state index contributed by atoms with van der Waals surface area (Å²) in [5.41, 5.74) is 3.84. The van der Waals surface area contributed by atoms with Gasteiger partial charge in [0, 0.05) is 37.3 Å². The molecule has 0 unspecified atom stereocenters. The van der Waals surface area contributed by atoms with E-state index >= 15 is 0 Å². The topological polar surface area (TPSA) is 129 Å². The van der Waals surface area contributed by atoms with Crippen LogP contribution >= 0.6 is 0 Å². The second-order valence-electron chi connectivity index (χ2n) is 9.26. The van der Waals surface area contributed by atoms with Crippen LogP contribution in [0.15, 0.2) is 30.5 Å². The number of carbonyl (C=O) groups is 3. The van der Waals surface area contributed by atoms with E-state index in [9.17, 15) is 19.5 Å². The second kappa shape index (κ2) is 7.63. The van der Waals surface area contributed by atoms with Crippen LogP contribution in [0, 0.1) is 6.92 Å². The number of benzene rings is 1. The van der Waals surface area contributed by atoms with Gasteiger partial charge in [0.05, 0.1) is 17.8 Å². The fourth-order valence-electron chi connectivity index (χ4n) is 5.64. The minimum atomic E-state index is -0.954. The van der Waals surface area contributed by atoms with Crippen molar-refractivity contribution in [3.63, 3.8) is 0 Å². The lowest BCUT2D eigenvalue weighted by Gasteiger charge is -2.27. The number of likely N-dealkylation sites (tertiary alicyclic amines) is 1. The Bertz CT molecular complexity index is 1360. The normalized spacial score (nSPS) is 22.9. The Hall–Kier alpha value is -3.79. The molecule has 0 spiro atoms.